The SMILES string of the molecule is CS(=O)(=O)N1CCC2(CCN(C(c3ccc(NC4Cc5ccc(Cl)c(F)c5C4)cn3)C(F)(F)F)C2=O)CC1. The summed E-state index contributed by atoms with van der Waals surface area (Å²) in [6.07, 6.45) is -0.845. The van der Waals surface area contributed by atoms with Gasteiger partial charge in [0.05, 0.1) is 34.3 Å². The predicted octanol–water partition coefficient (Wildman–Crippen LogP) is 4.33. The summed E-state index contributed by atoms with van der Waals surface area (Å²) in [4.78, 5) is 18.2. The van der Waals surface area contributed by atoms with Gasteiger partial charge in [-0.1, -0.05) is 17.7 Å². The van der Waals surface area contributed by atoms with Gasteiger partial charge in [-0.25, -0.2) is 17.1 Å². The van der Waals surface area contributed by atoms with E-state index in [1.54, 1.807) is 6.07 Å². The summed E-state index contributed by atoms with van der Waals surface area (Å²) in [5.41, 5.74) is 0.545. The molecule has 2 aromatic rings. The van der Waals surface area contributed by atoms with E-state index in [4.69, 9.17) is 11.6 Å². The summed E-state index contributed by atoms with van der Waals surface area (Å²) in [7, 11) is -3.43. The minimum Gasteiger partial charge on any atom is -0.380 e. The molecule has 3 aliphatic rings. The summed E-state index contributed by atoms with van der Waals surface area (Å²) < 4.78 is 82.0. The highest BCUT2D eigenvalue weighted by molar-refractivity contribution is 7.88. The number of hydrogen-bond donors (Lipinski definition) is 1. The number of anilines is 1. The van der Waals surface area contributed by atoms with Crippen molar-refractivity contribution in [2.75, 3.05) is 31.2 Å². The zero-order chi connectivity index (χ0) is 27.5. The fourth-order valence-electron chi connectivity index (χ4n) is 5.93. The van der Waals surface area contributed by atoms with Crippen LogP contribution in [0.1, 0.15) is 42.1 Å². The topological polar surface area (TPSA) is 82.6 Å². The number of halogens is 5. The molecule has 3 heterocycles. The number of amides is 1. The van der Waals surface area contributed by atoms with Crippen molar-refractivity contribution in [3.05, 3.63) is 58.1 Å². The number of nitrogens with one attached hydrogen (secondary N) is 1. The molecule has 1 aromatic carbocycles. The minimum absolute atomic E-state index is 0.0489. The van der Waals surface area contributed by atoms with Gasteiger partial charge in [-0.3, -0.25) is 9.78 Å². The Morgan fingerprint density at radius 2 is 1.79 bits per heavy atom. The lowest BCUT2D eigenvalue weighted by Gasteiger charge is -2.37. The van der Waals surface area contributed by atoms with Gasteiger partial charge in [0, 0.05) is 25.7 Å². The van der Waals surface area contributed by atoms with Crippen molar-refractivity contribution >= 4 is 33.2 Å². The molecule has 1 spiro atoms. The number of alkyl halides is 3. The Labute approximate surface area is 223 Å². The van der Waals surface area contributed by atoms with Crippen molar-refractivity contribution in [2.45, 2.75) is 50.4 Å². The van der Waals surface area contributed by atoms with Crippen molar-refractivity contribution in [1.82, 2.24) is 14.2 Å². The third-order valence-corrected chi connectivity index (χ3v) is 9.56. The molecular formula is C25H27ClF4N4O3S. The largest absolute Gasteiger partial charge is 0.414 e. The monoisotopic (exact) mass is 574 g/mol. The van der Waals surface area contributed by atoms with Crippen LogP contribution in [0, 0.1) is 11.2 Å². The van der Waals surface area contributed by atoms with Gasteiger partial charge in [-0.05, 0) is 61.4 Å². The second-order valence-electron chi connectivity index (χ2n) is 10.4. The summed E-state index contributed by atoms with van der Waals surface area (Å²) in [6, 6.07) is 3.64. The second kappa shape index (κ2) is 9.63. The average Bonchev–Trinajstić information content (AvgIpc) is 3.39. The van der Waals surface area contributed by atoms with Crippen molar-refractivity contribution in [2.24, 2.45) is 5.41 Å². The predicted molar refractivity (Wildman–Crippen MR) is 134 cm³/mol. The number of carbonyl (C=O) groups excluding carboxylic acids is 1. The highest BCUT2D eigenvalue weighted by Gasteiger charge is 2.56. The number of benzene rings is 1. The quantitative estimate of drug-likeness (QED) is 0.538. The molecule has 13 heteroatoms. The van der Waals surface area contributed by atoms with Crippen LogP contribution in [0.3, 0.4) is 0 Å². The summed E-state index contributed by atoms with van der Waals surface area (Å²) in [5, 5.41) is 3.24. The number of hydrogen-bond acceptors (Lipinski definition) is 5. The van der Waals surface area contributed by atoms with Crippen LogP contribution >= 0.6 is 11.6 Å². The fraction of sp³-hybridized carbons (Fsp3) is 0.520. The minimum atomic E-state index is -4.75. The van der Waals surface area contributed by atoms with Crippen LogP contribution in [0.15, 0.2) is 30.5 Å². The third kappa shape index (κ3) is 4.98. The number of nitrogens with zero attached hydrogens (tertiary/aromatic N) is 3. The molecule has 38 heavy (non-hydrogen) atoms. The Morgan fingerprint density at radius 3 is 2.39 bits per heavy atom. The van der Waals surface area contributed by atoms with Crippen molar-refractivity contribution in [3.8, 4) is 0 Å². The number of sulfonamides is 1. The van der Waals surface area contributed by atoms with E-state index >= 15 is 0 Å². The number of pyridine rings is 1. The first-order chi connectivity index (χ1) is 17.8. The second-order valence-corrected chi connectivity index (χ2v) is 12.7. The summed E-state index contributed by atoms with van der Waals surface area (Å²) in [5.74, 6) is -1.06. The molecule has 2 saturated heterocycles. The van der Waals surface area contributed by atoms with Gasteiger partial charge in [0.15, 0.2) is 6.04 Å². The van der Waals surface area contributed by atoms with Crippen LogP contribution in [0.2, 0.25) is 5.02 Å². The first-order valence-corrected chi connectivity index (χ1v) is 14.5. The highest BCUT2D eigenvalue weighted by Crippen LogP contribution is 2.48. The molecule has 2 aliphatic heterocycles. The van der Waals surface area contributed by atoms with Crippen molar-refractivity contribution in [3.63, 3.8) is 0 Å². The van der Waals surface area contributed by atoms with Crippen LogP contribution in [-0.4, -0.2) is 66.6 Å². The molecule has 1 N–H and O–H groups in total. The number of rotatable bonds is 5. The van der Waals surface area contributed by atoms with E-state index in [-0.39, 0.29) is 55.7 Å². The lowest BCUT2D eigenvalue weighted by molar-refractivity contribution is -0.191. The van der Waals surface area contributed by atoms with Gasteiger partial charge in [-0.2, -0.15) is 13.2 Å². The Morgan fingerprint density at radius 1 is 1.11 bits per heavy atom. The number of carbonyl (C=O) groups is 1. The molecule has 2 unspecified atom stereocenters. The molecule has 0 saturated carbocycles. The molecule has 2 fully saturated rings. The fourth-order valence-corrected chi connectivity index (χ4v) is 6.95. The lowest BCUT2D eigenvalue weighted by Crippen LogP contribution is -2.48. The van der Waals surface area contributed by atoms with Gasteiger partial charge in [0.25, 0.3) is 0 Å². The Kier molecular flexibility index (Phi) is 6.88. The van der Waals surface area contributed by atoms with Crippen molar-refractivity contribution < 1.29 is 30.8 Å². The van der Waals surface area contributed by atoms with E-state index < -0.39 is 39.4 Å². The van der Waals surface area contributed by atoms with Gasteiger partial charge in [0.1, 0.15) is 5.82 Å². The molecule has 1 aliphatic carbocycles. The highest BCUT2D eigenvalue weighted by atomic mass is 35.5. The zero-order valence-corrected chi connectivity index (χ0v) is 22.1. The summed E-state index contributed by atoms with van der Waals surface area (Å²) >= 11 is 5.87. The van der Waals surface area contributed by atoms with Gasteiger partial charge in [0.2, 0.25) is 15.9 Å². The number of aromatic nitrogens is 1. The van der Waals surface area contributed by atoms with Crippen LogP contribution in [0.5, 0.6) is 0 Å². The maximum Gasteiger partial charge on any atom is 0.414 e. The Hall–Kier alpha value is -2.44. The maximum absolute atomic E-state index is 14.3. The third-order valence-electron chi connectivity index (χ3n) is 7.96. The van der Waals surface area contributed by atoms with E-state index in [2.05, 4.69) is 10.3 Å². The first-order valence-electron chi connectivity index (χ1n) is 12.3. The Balaban J connectivity index is 1.30. The van der Waals surface area contributed by atoms with Gasteiger partial charge >= 0.3 is 6.18 Å². The molecule has 1 aromatic heterocycles. The molecule has 5 rings (SSSR count). The average molecular weight is 575 g/mol. The van der Waals surface area contributed by atoms with Crippen LogP contribution in [0.4, 0.5) is 23.2 Å². The normalized spacial score (nSPS) is 22.6. The first kappa shape index (κ1) is 27.1. The smallest absolute Gasteiger partial charge is 0.380 e. The van der Waals surface area contributed by atoms with Crippen molar-refractivity contribution in [1.29, 1.82) is 0 Å². The molecular weight excluding hydrogens is 548 g/mol. The molecule has 0 radical (unpaired) electrons. The van der Waals surface area contributed by atoms with E-state index in [1.807, 2.05) is 0 Å². The van der Waals surface area contributed by atoms with Gasteiger partial charge in [-0.15, -0.1) is 0 Å². The van der Waals surface area contributed by atoms with Crippen LogP contribution in [0.25, 0.3) is 0 Å². The number of likely N-dealkylation sites (tertiary alicyclic amines) is 1. The van der Waals surface area contributed by atoms with E-state index in [0.29, 0.717) is 24.1 Å². The molecule has 1 amide bonds. The van der Waals surface area contributed by atoms with Crippen LogP contribution < -0.4 is 5.32 Å². The molecule has 7 nitrogen and oxygen atoms in total. The van der Waals surface area contributed by atoms with Crippen LogP contribution in [-0.2, 0) is 27.7 Å². The maximum atomic E-state index is 14.3. The van der Waals surface area contributed by atoms with Gasteiger partial charge < -0.3 is 10.2 Å². The standard InChI is InChI=1S/C25H27ClF4N4O3S/c1-38(36,37)33-9-6-24(7-10-33)8-11-34(23(24)35)22(25(28,29)30)20-5-3-16(14-31-20)32-17-12-15-2-4-19(26)21(27)18(15)13-17/h2-5,14,17,22,32H,6-13H2,1H3. The van der Waals surface area contributed by atoms with E-state index in [0.717, 1.165) is 16.7 Å². The zero-order valence-electron chi connectivity index (χ0n) is 20.6. The number of fused-ring (bicyclic) bond motifs is 1. The summed E-state index contributed by atoms with van der Waals surface area (Å²) in [6.45, 7) is 0.127. The molecule has 206 valence electrons. The molecule has 2 atom stereocenters. The van der Waals surface area contributed by atoms with E-state index in [1.165, 1.54) is 28.7 Å². The molecule has 0 bridgehead atoms. The van der Waals surface area contributed by atoms with E-state index in [9.17, 15) is 30.8 Å². The lowest BCUT2D eigenvalue weighted by atomic mass is 9.77. The Bertz CT molecular complexity index is 1350. The number of piperidine rings is 1.